The number of benzene rings is 3. The van der Waals surface area contributed by atoms with Crippen LogP contribution >= 0.6 is 45.2 Å². The van der Waals surface area contributed by atoms with Crippen LogP contribution in [0.3, 0.4) is 0 Å². The zero-order valence-electron chi connectivity index (χ0n) is 23.1. The molecular weight excluding hydrogens is 797 g/mol. The highest BCUT2D eigenvalue weighted by Crippen LogP contribution is 2.40. The Kier molecular flexibility index (Phi) is 10.4. The van der Waals surface area contributed by atoms with E-state index in [1.54, 1.807) is 18.2 Å². The van der Waals surface area contributed by atoms with Gasteiger partial charge in [-0.3, -0.25) is 4.79 Å². The number of hydrogen-bond donors (Lipinski definition) is 1. The number of fused-ring (bicyclic) bond motifs is 1. The summed E-state index contributed by atoms with van der Waals surface area (Å²) in [6, 6.07) is 8.79. The van der Waals surface area contributed by atoms with Crippen molar-refractivity contribution in [2.24, 2.45) is 0 Å². The van der Waals surface area contributed by atoms with Crippen molar-refractivity contribution in [1.82, 2.24) is 4.90 Å². The van der Waals surface area contributed by atoms with Crippen molar-refractivity contribution in [3.05, 3.63) is 83.5 Å². The minimum absolute atomic E-state index is 0.0244. The van der Waals surface area contributed by atoms with Crippen molar-refractivity contribution in [3.63, 3.8) is 0 Å². The van der Waals surface area contributed by atoms with Crippen molar-refractivity contribution in [1.29, 1.82) is 0 Å². The molecule has 0 aliphatic carbocycles. The monoisotopic (exact) mass is 823 g/mol. The Hall–Kier alpha value is -3.21. The van der Waals surface area contributed by atoms with Gasteiger partial charge in [0.05, 0.1) is 34.0 Å². The number of aliphatic carboxylic acids is 1. The third-order valence-corrected chi connectivity index (χ3v) is 8.77. The number of methoxy groups -OCH3 is 3. The number of rotatable bonds is 9. The molecular formula is C30H26F3I2NO7. The van der Waals surface area contributed by atoms with E-state index >= 15 is 0 Å². The van der Waals surface area contributed by atoms with Crippen molar-refractivity contribution >= 4 is 63.1 Å². The van der Waals surface area contributed by atoms with Crippen molar-refractivity contribution in [3.8, 4) is 23.0 Å². The molecule has 8 nitrogen and oxygen atoms in total. The van der Waals surface area contributed by atoms with E-state index in [4.69, 9.17) is 18.9 Å². The first kappa shape index (κ1) is 32.7. The summed E-state index contributed by atoms with van der Waals surface area (Å²) in [5.41, 5.74) is 1.91. The molecule has 0 fully saturated rings. The molecule has 4 rings (SSSR count). The summed E-state index contributed by atoms with van der Waals surface area (Å²) in [4.78, 5) is 26.9. The Morgan fingerprint density at radius 2 is 1.63 bits per heavy atom. The van der Waals surface area contributed by atoms with Gasteiger partial charge in [0.2, 0.25) is 11.7 Å². The van der Waals surface area contributed by atoms with Crippen LogP contribution in [0, 0.1) is 7.14 Å². The maximum Gasteiger partial charge on any atom is 0.416 e. The van der Waals surface area contributed by atoms with Crippen molar-refractivity contribution in [2.75, 3.05) is 21.3 Å². The van der Waals surface area contributed by atoms with Crippen LogP contribution in [0.15, 0.2) is 48.5 Å². The minimum Gasteiger partial charge on any atom is -0.493 e. The first-order chi connectivity index (χ1) is 20.4. The molecule has 1 N–H and O–H groups in total. The largest absolute Gasteiger partial charge is 0.493 e. The SMILES string of the molecule is COc1cc(/C=C/C(=O)N2Cc3c(cc(I)c(OCc4ccc(C(F)(F)F)cc4)c3I)C[C@H]2C(=O)O)cc(OC)c1OC. The van der Waals surface area contributed by atoms with E-state index in [0.717, 1.165) is 26.8 Å². The average molecular weight is 823 g/mol. The second-order valence-corrected chi connectivity index (χ2v) is 11.7. The number of amides is 1. The highest BCUT2D eigenvalue weighted by molar-refractivity contribution is 14.1. The molecule has 13 heteroatoms. The van der Waals surface area contributed by atoms with Gasteiger partial charge in [-0.25, -0.2) is 4.79 Å². The summed E-state index contributed by atoms with van der Waals surface area (Å²) in [5, 5.41) is 9.97. The van der Waals surface area contributed by atoms with Gasteiger partial charge in [0, 0.05) is 19.0 Å². The molecule has 0 saturated heterocycles. The van der Waals surface area contributed by atoms with Crippen molar-refractivity contribution < 1.29 is 46.8 Å². The molecule has 43 heavy (non-hydrogen) atoms. The molecule has 3 aromatic carbocycles. The molecule has 1 aliphatic heterocycles. The van der Waals surface area contributed by atoms with Crippen LogP contribution in [-0.2, 0) is 35.3 Å². The Bertz CT molecular complexity index is 1530. The topological polar surface area (TPSA) is 94.5 Å². The minimum atomic E-state index is -4.43. The van der Waals surface area contributed by atoms with Gasteiger partial charge in [-0.05, 0) is 104 Å². The smallest absolute Gasteiger partial charge is 0.416 e. The van der Waals surface area contributed by atoms with E-state index in [1.807, 2.05) is 6.07 Å². The lowest BCUT2D eigenvalue weighted by Crippen LogP contribution is -2.48. The zero-order valence-corrected chi connectivity index (χ0v) is 27.4. The van der Waals surface area contributed by atoms with Gasteiger partial charge in [-0.1, -0.05) is 12.1 Å². The van der Waals surface area contributed by atoms with Crippen molar-refractivity contribution in [2.45, 2.75) is 31.8 Å². The number of hydrogen-bond acceptors (Lipinski definition) is 6. The number of carboxylic acids is 1. The fraction of sp³-hybridized carbons (Fsp3) is 0.267. The highest BCUT2D eigenvalue weighted by atomic mass is 127. The van der Waals surface area contributed by atoms with Crippen LogP contribution in [0.5, 0.6) is 23.0 Å². The second kappa shape index (κ2) is 13.6. The quantitative estimate of drug-likeness (QED) is 0.193. The first-order valence-electron chi connectivity index (χ1n) is 12.7. The summed E-state index contributed by atoms with van der Waals surface area (Å²) < 4.78 is 62.2. The fourth-order valence-corrected chi connectivity index (χ4v) is 6.91. The average Bonchev–Trinajstić information content (AvgIpc) is 2.98. The summed E-state index contributed by atoms with van der Waals surface area (Å²) in [6.45, 7) is 0.0530. The molecule has 1 aliphatic rings. The van der Waals surface area contributed by atoms with Gasteiger partial charge in [0.15, 0.2) is 11.5 Å². The molecule has 1 amide bonds. The number of carbonyl (C=O) groups is 2. The number of carboxylic acid groups (broad SMARTS) is 1. The van der Waals surface area contributed by atoms with Crippen LogP contribution in [0.1, 0.15) is 27.8 Å². The van der Waals surface area contributed by atoms with E-state index in [0.29, 0.717) is 37.7 Å². The Morgan fingerprint density at radius 3 is 2.16 bits per heavy atom. The summed E-state index contributed by atoms with van der Waals surface area (Å²) >= 11 is 4.18. The van der Waals surface area contributed by atoms with Crippen LogP contribution in [0.2, 0.25) is 0 Å². The zero-order chi connectivity index (χ0) is 31.5. The molecule has 1 atom stereocenters. The lowest BCUT2D eigenvalue weighted by Gasteiger charge is -2.35. The predicted molar refractivity (Wildman–Crippen MR) is 168 cm³/mol. The molecule has 0 radical (unpaired) electrons. The van der Waals surface area contributed by atoms with E-state index in [-0.39, 0.29) is 19.6 Å². The molecule has 0 unspecified atom stereocenters. The standard InChI is InChI=1S/C30H26F3I2NO7/c1-40-23-10-17(11-24(41-2)28(23)42-3)6-9-25(37)36-14-20-18(13-22(36)29(38)39)12-21(34)27(26(20)35)43-15-16-4-7-19(8-5-16)30(31,32)33/h4-12,22H,13-15H2,1-3H3,(H,38,39)/b9-6+/t22-/m0/s1. The third-order valence-electron chi connectivity index (χ3n) is 6.83. The highest BCUT2D eigenvalue weighted by Gasteiger charge is 2.36. The summed E-state index contributed by atoms with van der Waals surface area (Å²) in [7, 11) is 4.43. The fourth-order valence-electron chi connectivity index (χ4n) is 4.63. The van der Waals surface area contributed by atoms with E-state index in [9.17, 15) is 27.9 Å². The second-order valence-electron chi connectivity index (χ2n) is 9.44. The lowest BCUT2D eigenvalue weighted by atomic mass is 9.93. The number of carbonyl (C=O) groups excluding carboxylic acids is 1. The van der Waals surface area contributed by atoms with Gasteiger partial charge >= 0.3 is 12.1 Å². The van der Waals surface area contributed by atoms with Gasteiger partial charge < -0.3 is 29.0 Å². The molecule has 228 valence electrons. The van der Waals surface area contributed by atoms with E-state index in [2.05, 4.69) is 45.2 Å². The molecule has 0 aromatic heterocycles. The Balaban J connectivity index is 1.59. The summed E-state index contributed by atoms with van der Waals surface area (Å²) in [5.74, 6) is 0.0669. The Morgan fingerprint density at radius 1 is 1.00 bits per heavy atom. The molecule has 0 bridgehead atoms. The van der Waals surface area contributed by atoms with Gasteiger partial charge in [-0.2, -0.15) is 13.2 Å². The van der Waals surface area contributed by atoms with E-state index < -0.39 is 29.7 Å². The van der Waals surface area contributed by atoms with Gasteiger partial charge in [0.25, 0.3) is 0 Å². The number of halogens is 5. The van der Waals surface area contributed by atoms with Crippen LogP contribution in [-0.4, -0.2) is 49.3 Å². The summed E-state index contributed by atoms with van der Waals surface area (Å²) in [6.07, 6.45) is -1.50. The number of alkyl halides is 3. The molecule has 3 aromatic rings. The third kappa shape index (κ3) is 7.30. The number of ether oxygens (including phenoxy) is 4. The molecule has 0 saturated carbocycles. The van der Waals surface area contributed by atoms with Crippen LogP contribution in [0.25, 0.3) is 6.08 Å². The van der Waals surface area contributed by atoms with Crippen LogP contribution in [0.4, 0.5) is 13.2 Å². The van der Waals surface area contributed by atoms with Gasteiger partial charge in [-0.15, -0.1) is 0 Å². The van der Waals surface area contributed by atoms with Gasteiger partial charge in [0.1, 0.15) is 18.4 Å². The maximum absolute atomic E-state index is 13.4. The first-order valence-corrected chi connectivity index (χ1v) is 14.8. The molecule has 0 spiro atoms. The lowest BCUT2D eigenvalue weighted by molar-refractivity contribution is -0.149. The maximum atomic E-state index is 13.4. The van der Waals surface area contributed by atoms with E-state index in [1.165, 1.54) is 44.4 Å². The normalized spacial score (nSPS) is 14.8. The predicted octanol–water partition coefficient (Wildman–Crippen LogP) is 6.57. The van der Waals surface area contributed by atoms with Crippen LogP contribution < -0.4 is 18.9 Å². The Labute approximate surface area is 273 Å². The number of nitrogens with zero attached hydrogens (tertiary/aromatic N) is 1. The molecule has 1 heterocycles.